The summed E-state index contributed by atoms with van der Waals surface area (Å²) in [6.07, 6.45) is 6.28. The summed E-state index contributed by atoms with van der Waals surface area (Å²) in [6.45, 7) is 0. The van der Waals surface area contributed by atoms with Gasteiger partial charge in [0.25, 0.3) is 0 Å². The van der Waals surface area contributed by atoms with Crippen LogP contribution in [0.4, 0.5) is 5.13 Å². The minimum Gasteiger partial charge on any atom is -0.507 e. The minimum absolute atomic E-state index is 0.206. The summed E-state index contributed by atoms with van der Waals surface area (Å²) in [5.41, 5.74) is 4.82. The SMILES string of the molecule is Oc1ccc(Br)cc1C=NNc1nc2c(s1)CCCC2. The van der Waals surface area contributed by atoms with Crippen LogP contribution < -0.4 is 5.43 Å². The summed E-state index contributed by atoms with van der Waals surface area (Å²) in [4.78, 5) is 5.92. The Labute approximate surface area is 129 Å². The normalized spacial score (nSPS) is 14.4. The van der Waals surface area contributed by atoms with Gasteiger partial charge >= 0.3 is 0 Å². The van der Waals surface area contributed by atoms with Gasteiger partial charge in [0.1, 0.15) is 5.75 Å². The molecule has 0 fully saturated rings. The molecule has 0 bridgehead atoms. The number of rotatable bonds is 3. The van der Waals surface area contributed by atoms with Crippen LogP contribution in [-0.4, -0.2) is 16.3 Å². The van der Waals surface area contributed by atoms with Crippen molar-refractivity contribution in [2.45, 2.75) is 25.7 Å². The van der Waals surface area contributed by atoms with Gasteiger partial charge in [-0.3, -0.25) is 5.43 Å². The Morgan fingerprint density at radius 2 is 2.20 bits per heavy atom. The summed E-state index contributed by atoms with van der Waals surface area (Å²) >= 11 is 5.04. The molecule has 2 aromatic rings. The lowest BCUT2D eigenvalue weighted by molar-refractivity contribution is 0.474. The molecule has 1 aliphatic rings. The Balaban J connectivity index is 1.71. The van der Waals surface area contributed by atoms with E-state index < -0.39 is 0 Å². The number of hydrogen-bond donors (Lipinski definition) is 2. The number of aromatic hydroxyl groups is 1. The number of anilines is 1. The lowest BCUT2D eigenvalue weighted by Crippen LogP contribution is -1.99. The van der Waals surface area contributed by atoms with E-state index in [4.69, 9.17) is 0 Å². The molecule has 0 radical (unpaired) electrons. The van der Waals surface area contributed by atoms with Crippen LogP contribution >= 0.6 is 27.3 Å². The standard InChI is InChI=1S/C14H14BrN3OS/c15-10-5-6-12(19)9(7-10)8-16-18-14-17-11-3-1-2-4-13(11)20-14/h5-8,19H,1-4H2,(H,17,18). The quantitative estimate of drug-likeness (QED) is 0.650. The fraction of sp³-hybridized carbons (Fsp3) is 0.286. The zero-order valence-corrected chi connectivity index (χ0v) is 13.2. The second-order valence-electron chi connectivity index (χ2n) is 4.67. The number of thiazole rings is 1. The largest absolute Gasteiger partial charge is 0.507 e. The van der Waals surface area contributed by atoms with Crippen molar-refractivity contribution >= 4 is 38.6 Å². The van der Waals surface area contributed by atoms with Crippen LogP contribution in [0.3, 0.4) is 0 Å². The maximum Gasteiger partial charge on any atom is 0.203 e. The number of aromatic nitrogens is 1. The van der Waals surface area contributed by atoms with Gasteiger partial charge < -0.3 is 5.11 Å². The molecule has 1 aromatic carbocycles. The maximum absolute atomic E-state index is 9.71. The summed E-state index contributed by atoms with van der Waals surface area (Å²) < 4.78 is 0.904. The molecule has 2 N–H and O–H groups in total. The molecule has 104 valence electrons. The molecule has 0 aliphatic heterocycles. The van der Waals surface area contributed by atoms with Crippen molar-refractivity contribution < 1.29 is 5.11 Å². The van der Waals surface area contributed by atoms with Gasteiger partial charge in [-0.25, -0.2) is 4.98 Å². The van der Waals surface area contributed by atoms with Gasteiger partial charge in [0.2, 0.25) is 5.13 Å². The molecule has 0 atom stereocenters. The predicted octanol–water partition coefficient (Wildman–Crippen LogP) is 3.94. The van der Waals surface area contributed by atoms with Gasteiger partial charge in [-0.1, -0.05) is 15.9 Å². The Bertz CT molecular complexity index is 630. The van der Waals surface area contributed by atoms with Crippen molar-refractivity contribution in [3.05, 3.63) is 38.8 Å². The van der Waals surface area contributed by atoms with Crippen LogP contribution in [0.15, 0.2) is 27.8 Å². The Hall–Kier alpha value is -1.40. The van der Waals surface area contributed by atoms with Crippen LogP contribution in [0.5, 0.6) is 5.75 Å². The number of phenols is 1. The third-order valence-corrected chi connectivity index (χ3v) is 4.75. The van der Waals surface area contributed by atoms with E-state index in [0.29, 0.717) is 5.56 Å². The van der Waals surface area contributed by atoms with Crippen molar-refractivity contribution in [1.82, 2.24) is 4.98 Å². The number of aryl methyl sites for hydroxylation is 2. The lowest BCUT2D eigenvalue weighted by atomic mass is 10.0. The molecule has 0 saturated heterocycles. The number of nitrogens with one attached hydrogen (secondary N) is 1. The van der Waals surface area contributed by atoms with Crippen molar-refractivity contribution in [2.75, 3.05) is 5.43 Å². The number of nitrogens with zero attached hydrogens (tertiary/aromatic N) is 2. The first-order chi connectivity index (χ1) is 9.72. The number of hydrazone groups is 1. The fourth-order valence-corrected chi connectivity index (χ4v) is 3.56. The minimum atomic E-state index is 0.206. The predicted molar refractivity (Wildman–Crippen MR) is 85.8 cm³/mol. The zero-order chi connectivity index (χ0) is 13.9. The molecule has 6 heteroatoms. The van der Waals surface area contributed by atoms with Gasteiger partial charge in [0.05, 0.1) is 11.9 Å². The number of halogens is 1. The molecular formula is C14H14BrN3OS. The lowest BCUT2D eigenvalue weighted by Gasteiger charge is -2.06. The van der Waals surface area contributed by atoms with Crippen LogP contribution in [0.2, 0.25) is 0 Å². The Morgan fingerprint density at radius 1 is 1.35 bits per heavy atom. The average molecular weight is 352 g/mol. The number of phenolic OH excluding ortho intramolecular Hbond substituents is 1. The molecule has 0 spiro atoms. The Morgan fingerprint density at radius 3 is 3.05 bits per heavy atom. The molecule has 20 heavy (non-hydrogen) atoms. The van der Waals surface area contributed by atoms with E-state index in [1.165, 1.54) is 23.4 Å². The highest BCUT2D eigenvalue weighted by Crippen LogP contribution is 2.29. The van der Waals surface area contributed by atoms with E-state index in [0.717, 1.165) is 22.4 Å². The van der Waals surface area contributed by atoms with E-state index in [1.54, 1.807) is 29.7 Å². The summed E-state index contributed by atoms with van der Waals surface area (Å²) in [7, 11) is 0. The highest BCUT2D eigenvalue weighted by molar-refractivity contribution is 9.10. The average Bonchev–Trinajstić information content (AvgIpc) is 2.85. The van der Waals surface area contributed by atoms with Crippen LogP contribution in [-0.2, 0) is 12.8 Å². The van der Waals surface area contributed by atoms with Crippen LogP contribution in [0, 0.1) is 0 Å². The van der Waals surface area contributed by atoms with E-state index in [-0.39, 0.29) is 5.75 Å². The van der Waals surface area contributed by atoms with Crippen LogP contribution in [0.25, 0.3) is 0 Å². The molecule has 1 aliphatic carbocycles. The van der Waals surface area contributed by atoms with Crippen molar-refractivity contribution in [3.63, 3.8) is 0 Å². The molecule has 0 unspecified atom stereocenters. The second kappa shape index (κ2) is 5.93. The molecule has 1 heterocycles. The third kappa shape index (κ3) is 3.02. The zero-order valence-electron chi connectivity index (χ0n) is 10.8. The van der Waals surface area contributed by atoms with Crippen LogP contribution in [0.1, 0.15) is 29.0 Å². The fourth-order valence-electron chi connectivity index (χ4n) is 2.19. The first-order valence-corrected chi connectivity index (χ1v) is 8.09. The first kappa shape index (κ1) is 13.6. The van der Waals surface area contributed by atoms with Gasteiger partial charge in [0.15, 0.2) is 0 Å². The molecule has 4 nitrogen and oxygen atoms in total. The monoisotopic (exact) mass is 351 g/mol. The van der Waals surface area contributed by atoms with E-state index in [2.05, 4.69) is 31.4 Å². The van der Waals surface area contributed by atoms with Crippen molar-refractivity contribution in [1.29, 1.82) is 0 Å². The third-order valence-electron chi connectivity index (χ3n) is 3.20. The summed E-state index contributed by atoms with van der Waals surface area (Å²) in [5.74, 6) is 0.206. The molecule has 3 rings (SSSR count). The number of benzene rings is 1. The molecule has 0 amide bonds. The van der Waals surface area contributed by atoms with Gasteiger partial charge in [-0.15, -0.1) is 11.3 Å². The molecular weight excluding hydrogens is 338 g/mol. The van der Waals surface area contributed by atoms with Crippen molar-refractivity contribution in [3.8, 4) is 5.75 Å². The van der Waals surface area contributed by atoms with Gasteiger partial charge in [-0.05, 0) is 43.9 Å². The maximum atomic E-state index is 9.71. The summed E-state index contributed by atoms with van der Waals surface area (Å²) in [5, 5.41) is 14.7. The van der Waals surface area contributed by atoms with Gasteiger partial charge in [-0.2, -0.15) is 5.10 Å². The molecule has 1 aromatic heterocycles. The number of hydrogen-bond acceptors (Lipinski definition) is 5. The van der Waals surface area contributed by atoms with E-state index >= 15 is 0 Å². The molecule has 0 saturated carbocycles. The number of fused-ring (bicyclic) bond motifs is 1. The van der Waals surface area contributed by atoms with E-state index in [9.17, 15) is 5.11 Å². The highest BCUT2D eigenvalue weighted by atomic mass is 79.9. The second-order valence-corrected chi connectivity index (χ2v) is 6.67. The topological polar surface area (TPSA) is 57.5 Å². The van der Waals surface area contributed by atoms with Gasteiger partial charge in [0, 0.05) is 14.9 Å². The van der Waals surface area contributed by atoms with E-state index in [1.807, 2.05) is 6.07 Å². The smallest absolute Gasteiger partial charge is 0.203 e. The summed E-state index contributed by atoms with van der Waals surface area (Å²) in [6, 6.07) is 5.23. The van der Waals surface area contributed by atoms with Crippen molar-refractivity contribution in [2.24, 2.45) is 5.10 Å². The Kier molecular flexibility index (Phi) is 4.03. The highest BCUT2D eigenvalue weighted by Gasteiger charge is 2.14. The first-order valence-electron chi connectivity index (χ1n) is 6.48.